The van der Waals surface area contributed by atoms with Gasteiger partial charge in [0.15, 0.2) is 0 Å². The van der Waals surface area contributed by atoms with Crippen LogP contribution in [0.1, 0.15) is 55.8 Å². The summed E-state index contributed by atoms with van der Waals surface area (Å²) in [5.41, 5.74) is 10.9. The maximum Gasteiger partial charge on any atom is 0.338 e. The Morgan fingerprint density at radius 3 is 2.74 bits per heavy atom. The first-order chi connectivity index (χ1) is 13.1. The number of nitrogens with two attached hydrogens (primary N) is 1. The molecule has 141 valence electrons. The molecule has 5 heteroatoms. The lowest BCUT2D eigenvalue weighted by Gasteiger charge is -2.33. The van der Waals surface area contributed by atoms with Crippen LogP contribution in [0.2, 0.25) is 0 Å². The Hall–Kier alpha value is -2.04. The minimum Gasteiger partial charge on any atom is -0.463 e. The van der Waals surface area contributed by atoms with Gasteiger partial charge in [-0.1, -0.05) is 6.42 Å². The van der Waals surface area contributed by atoms with Gasteiger partial charge in [0.1, 0.15) is 5.76 Å². The Morgan fingerprint density at radius 1 is 1.26 bits per heavy atom. The number of hydrogen-bond donors (Lipinski definition) is 1. The van der Waals surface area contributed by atoms with Gasteiger partial charge in [0.05, 0.1) is 12.2 Å². The summed E-state index contributed by atoms with van der Waals surface area (Å²) in [4.78, 5) is 17.6. The number of rotatable bonds is 3. The van der Waals surface area contributed by atoms with Crippen molar-refractivity contribution in [3.63, 3.8) is 0 Å². The van der Waals surface area contributed by atoms with Crippen LogP contribution in [0.3, 0.4) is 0 Å². The zero-order chi connectivity index (χ0) is 19.0. The number of carbonyl (C=O) groups is 1. The summed E-state index contributed by atoms with van der Waals surface area (Å²) in [6, 6.07) is 0. The predicted octanol–water partition coefficient (Wildman–Crippen LogP) is 3.65. The third-order valence-electron chi connectivity index (χ3n) is 5.49. The summed E-state index contributed by atoms with van der Waals surface area (Å²) in [5.74, 6) is 1.39. The number of nitrogen functional groups attached to an aromatic ring is 1. The monoisotopic (exact) mass is 365 g/mol. The third-order valence-corrected chi connectivity index (χ3v) is 5.49. The first kappa shape index (κ1) is 18.3. The van der Waals surface area contributed by atoms with Crippen molar-refractivity contribution in [3.05, 3.63) is 59.8 Å². The van der Waals surface area contributed by atoms with Gasteiger partial charge in [0, 0.05) is 22.9 Å². The van der Waals surface area contributed by atoms with E-state index in [4.69, 9.17) is 20.2 Å². The number of allylic oxidation sites excluding steroid dienone is 1. The first-order valence-electron chi connectivity index (χ1n) is 9.70. The van der Waals surface area contributed by atoms with Gasteiger partial charge in [-0.2, -0.15) is 0 Å². The topological polar surface area (TPSA) is 74.4 Å². The van der Waals surface area contributed by atoms with E-state index in [-0.39, 0.29) is 11.9 Å². The van der Waals surface area contributed by atoms with Crippen LogP contribution in [0.5, 0.6) is 5.88 Å². The summed E-state index contributed by atoms with van der Waals surface area (Å²) in [6.45, 7) is 3.92. The third kappa shape index (κ3) is 3.21. The maximum atomic E-state index is 12.8. The average molecular weight is 365 g/mol. The quantitative estimate of drug-likeness (QED) is 0.654. The van der Waals surface area contributed by atoms with Crippen LogP contribution in [0.15, 0.2) is 11.3 Å². The van der Waals surface area contributed by atoms with Gasteiger partial charge in [-0.3, -0.25) is 0 Å². The average Bonchev–Trinajstić information content (AvgIpc) is 3.06. The van der Waals surface area contributed by atoms with Crippen molar-refractivity contribution in [3.8, 4) is 5.88 Å². The van der Waals surface area contributed by atoms with E-state index >= 15 is 0 Å². The number of anilines is 1. The molecule has 1 aromatic rings. The zero-order valence-electron chi connectivity index (χ0n) is 15.9. The Morgan fingerprint density at radius 2 is 2.00 bits per heavy atom. The SMILES string of the molecule is CCOC(=O)C1=C(C)Oc2nc3c(c(N)c2C1[C]1[CH][CH][CH][CH]1)CCCCC3. The molecular weight excluding hydrogens is 340 g/mol. The number of carbonyl (C=O) groups excluding carboxylic acids is 1. The summed E-state index contributed by atoms with van der Waals surface area (Å²) in [5, 5.41) is 0. The molecule has 4 rings (SSSR count). The van der Waals surface area contributed by atoms with Gasteiger partial charge in [0.2, 0.25) is 5.88 Å². The van der Waals surface area contributed by atoms with E-state index in [1.165, 1.54) is 6.42 Å². The van der Waals surface area contributed by atoms with Crippen LogP contribution in [0, 0.1) is 31.6 Å². The summed E-state index contributed by atoms with van der Waals surface area (Å²) >= 11 is 0. The molecule has 2 aliphatic carbocycles. The van der Waals surface area contributed by atoms with E-state index in [1.807, 2.05) is 25.7 Å². The van der Waals surface area contributed by atoms with E-state index in [0.29, 0.717) is 23.8 Å². The standard InChI is InChI=1S/C22H25N2O3/c1-3-26-22(25)17-13(2)27-21-19(18(17)14-9-7-8-10-14)20(23)15-11-5-4-6-12-16(15)24-21/h7-10,18H,3-6,11-12H2,1-2H3,(H2,23,24). The Labute approximate surface area is 161 Å². The molecule has 0 amide bonds. The molecule has 1 aliphatic heterocycles. The molecule has 2 N–H and O–H groups in total. The molecule has 1 saturated carbocycles. The molecule has 0 spiro atoms. The molecule has 1 fully saturated rings. The van der Waals surface area contributed by atoms with E-state index < -0.39 is 0 Å². The van der Waals surface area contributed by atoms with Gasteiger partial charge in [-0.15, -0.1) is 0 Å². The number of ether oxygens (including phenoxy) is 2. The van der Waals surface area contributed by atoms with Crippen molar-refractivity contribution < 1.29 is 14.3 Å². The van der Waals surface area contributed by atoms with Gasteiger partial charge < -0.3 is 15.2 Å². The number of esters is 1. The minimum atomic E-state index is -0.360. The lowest BCUT2D eigenvalue weighted by atomic mass is 9.76. The second kappa shape index (κ2) is 7.53. The molecule has 0 aromatic carbocycles. The number of nitrogens with zero attached hydrogens (tertiary/aromatic N) is 1. The number of pyridine rings is 1. The highest BCUT2D eigenvalue weighted by Crippen LogP contribution is 2.51. The fraction of sp³-hybridized carbons (Fsp3) is 0.409. The van der Waals surface area contributed by atoms with E-state index in [0.717, 1.165) is 54.1 Å². The van der Waals surface area contributed by atoms with Crippen LogP contribution >= 0.6 is 0 Å². The largest absolute Gasteiger partial charge is 0.463 e. The summed E-state index contributed by atoms with van der Waals surface area (Å²) in [6.07, 6.45) is 13.2. The molecule has 2 heterocycles. The molecule has 1 aromatic heterocycles. The second-order valence-corrected chi connectivity index (χ2v) is 7.17. The van der Waals surface area contributed by atoms with E-state index in [9.17, 15) is 4.79 Å². The molecule has 27 heavy (non-hydrogen) atoms. The molecule has 5 radical (unpaired) electrons. The molecule has 0 saturated heterocycles. The summed E-state index contributed by atoms with van der Waals surface area (Å²) < 4.78 is 11.3. The zero-order valence-corrected chi connectivity index (χ0v) is 15.9. The van der Waals surface area contributed by atoms with Gasteiger partial charge in [-0.05, 0) is 76.7 Å². The van der Waals surface area contributed by atoms with Crippen LogP contribution < -0.4 is 10.5 Å². The fourth-order valence-electron chi connectivity index (χ4n) is 4.23. The van der Waals surface area contributed by atoms with Gasteiger partial charge >= 0.3 is 5.97 Å². The molecule has 5 nitrogen and oxygen atoms in total. The fourth-order valence-corrected chi connectivity index (χ4v) is 4.23. The second-order valence-electron chi connectivity index (χ2n) is 7.17. The lowest BCUT2D eigenvalue weighted by Crippen LogP contribution is -2.28. The van der Waals surface area contributed by atoms with Crippen molar-refractivity contribution in [2.75, 3.05) is 12.3 Å². The first-order valence-corrected chi connectivity index (χ1v) is 9.70. The normalized spacial score (nSPS) is 22.7. The predicted molar refractivity (Wildman–Crippen MR) is 103 cm³/mol. The van der Waals surface area contributed by atoms with Gasteiger partial charge in [0.25, 0.3) is 0 Å². The Balaban J connectivity index is 1.86. The van der Waals surface area contributed by atoms with Crippen molar-refractivity contribution in [2.24, 2.45) is 0 Å². The maximum absolute atomic E-state index is 12.8. The van der Waals surface area contributed by atoms with Crippen molar-refractivity contribution >= 4 is 11.7 Å². The lowest BCUT2D eigenvalue weighted by molar-refractivity contribution is -0.139. The van der Waals surface area contributed by atoms with Crippen molar-refractivity contribution in [2.45, 2.75) is 51.9 Å². The number of aryl methyl sites for hydroxylation is 1. The highest BCUT2D eigenvalue weighted by molar-refractivity contribution is 5.93. The smallest absolute Gasteiger partial charge is 0.338 e. The highest BCUT2D eigenvalue weighted by Gasteiger charge is 2.42. The Kier molecular flexibility index (Phi) is 5.11. The molecule has 3 aliphatic rings. The van der Waals surface area contributed by atoms with E-state index in [1.54, 1.807) is 13.8 Å². The van der Waals surface area contributed by atoms with Crippen LogP contribution in [-0.2, 0) is 22.4 Å². The van der Waals surface area contributed by atoms with Gasteiger partial charge in [-0.25, -0.2) is 9.78 Å². The minimum absolute atomic E-state index is 0.314. The van der Waals surface area contributed by atoms with Crippen LogP contribution in [0.25, 0.3) is 0 Å². The van der Waals surface area contributed by atoms with Crippen molar-refractivity contribution in [1.29, 1.82) is 0 Å². The number of aromatic nitrogens is 1. The molecule has 1 atom stereocenters. The Bertz CT molecular complexity index is 778. The van der Waals surface area contributed by atoms with E-state index in [2.05, 4.69) is 0 Å². The van der Waals surface area contributed by atoms with Crippen LogP contribution in [-0.4, -0.2) is 17.6 Å². The number of fused-ring (bicyclic) bond motifs is 2. The molecular formula is C22H25N2O3. The van der Waals surface area contributed by atoms with Crippen LogP contribution in [0.4, 0.5) is 5.69 Å². The molecule has 1 unspecified atom stereocenters. The molecule has 0 bridgehead atoms. The van der Waals surface area contributed by atoms with Crippen molar-refractivity contribution in [1.82, 2.24) is 4.98 Å². The number of hydrogen-bond acceptors (Lipinski definition) is 5. The summed E-state index contributed by atoms with van der Waals surface area (Å²) in [7, 11) is 0. The highest BCUT2D eigenvalue weighted by atomic mass is 16.5.